The molecule has 6 nitrogen and oxygen atoms in total. The molecule has 1 fully saturated rings. The number of ether oxygens (including phenoxy) is 2. The first-order valence-electron chi connectivity index (χ1n) is 9.62. The predicted octanol–water partition coefficient (Wildman–Crippen LogP) is 3.36. The molecule has 0 spiro atoms. The fourth-order valence-electron chi connectivity index (χ4n) is 2.82. The Labute approximate surface area is 174 Å². The molecule has 26 heavy (non-hydrogen) atoms. The van der Waals surface area contributed by atoms with Crippen LogP contribution < -0.4 is 10.6 Å². The number of guanidine groups is 1. The molecule has 1 aliphatic rings. The number of rotatable bonds is 11. The van der Waals surface area contributed by atoms with Crippen molar-refractivity contribution in [1.29, 1.82) is 0 Å². The van der Waals surface area contributed by atoms with Gasteiger partial charge in [0.25, 0.3) is 0 Å². The molecule has 1 aromatic heterocycles. The normalized spacial score (nSPS) is 17.6. The second-order valence-electron chi connectivity index (χ2n) is 6.24. The maximum Gasteiger partial charge on any atom is 0.191 e. The van der Waals surface area contributed by atoms with Crippen LogP contribution in [0.2, 0.25) is 0 Å². The monoisotopic (exact) mass is 479 g/mol. The van der Waals surface area contributed by atoms with E-state index in [1.54, 1.807) is 6.26 Å². The highest BCUT2D eigenvalue weighted by molar-refractivity contribution is 14.0. The first-order valence-corrected chi connectivity index (χ1v) is 9.62. The minimum atomic E-state index is 0. The second kappa shape index (κ2) is 15.3. The first-order chi connectivity index (χ1) is 12.4. The van der Waals surface area contributed by atoms with Crippen molar-refractivity contribution in [3.63, 3.8) is 0 Å². The molecule has 0 bridgehead atoms. The summed E-state index contributed by atoms with van der Waals surface area (Å²) in [5.41, 5.74) is 0. The molecule has 150 valence electrons. The van der Waals surface area contributed by atoms with Crippen LogP contribution in [0.15, 0.2) is 27.8 Å². The van der Waals surface area contributed by atoms with Crippen molar-refractivity contribution in [1.82, 2.24) is 10.6 Å². The quantitative estimate of drug-likeness (QED) is 0.221. The van der Waals surface area contributed by atoms with E-state index in [0.717, 1.165) is 70.4 Å². The molecule has 1 atom stereocenters. The predicted molar refractivity (Wildman–Crippen MR) is 115 cm³/mol. The third-order valence-electron chi connectivity index (χ3n) is 4.20. The summed E-state index contributed by atoms with van der Waals surface area (Å²) in [7, 11) is 0. The van der Waals surface area contributed by atoms with Crippen LogP contribution in [0.25, 0.3) is 0 Å². The Kier molecular flexibility index (Phi) is 13.7. The number of nitrogens with one attached hydrogen (secondary N) is 2. The van der Waals surface area contributed by atoms with E-state index >= 15 is 0 Å². The van der Waals surface area contributed by atoms with Crippen molar-refractivity contribution in [3.8, 4) is 0 Å². The van der Waals surface area contributed by atoms with Crippen LogP contribution in [0.4, 0.5) is 0 Å². The van der Waals surface area contributed by atoms with E-state index in [1.165, 1.54) is 19.3 Å². The van der Waals surface area contributed by atoms with Crippen LogP contribution in [-0.4, -0.2) is 51.5 Å². The zero-order valence-electron chi connectivity index (χ0n) is 15.9. The largest absolute Gasteiger partial charge is 0.469 e. The molecule has 2 rings (SSSR count). The number of furan rings is 1. The summed E-state index contributed by atoms with van der Waals surface area (Å²) in [6.07, 6.45) is 8.56. The summed E-state index contributed by atoms with van der Waals surface area (Å²) in [5, 5.41) is 6.81. The summed E-state index contributed by atoms with van der Waals surface area (Å²) in [4.78, 5) is 4.64. The number of hydrogen-bond donors (Lipinski definition) is 2. The van der Waals surface area contributed by atoms with Gasteiger partial charge < -0.3 is 24.5 Å². The molecule has 1 saturated heterocycles. The third-order valence-corrected chi connectivity index (χ3v) is 4.20. The van der Waals surface area contributed by atoms with Gasteiger partial charge in [0.05, 0.1) is 12.4 Å². The van der Waals surface area contributed by atoms with Crippen molar-refractivity contribution in [2.24, 2.45) is 4.99 Å². The van der Waals surface area contributed by atoms with Gasteiger partial charge in [0.15, 0.2) is 5.96 Å². The molecule has 1 aliphatic heterocycles. The summed E-state index contributed by atoms with van der Waals surface area (Å²) < 4.78 is 16.5. The lowest BCUT2D eigenvalue weighted by Gasteiger charge is -2.23. The molecule has 0 amide bonds. The maximum atomic E-state index is 5.79. The Bertz CT molecular complexity index is 463. The summed E-state index contributed by atoms with van der Waals surface area (Å²) >= 11 is 0. The summed E-state index contributed by atoms with van der Waals surface area (Å²) in [5.74, 6) is 1.85. The van der Waals surface area contributed by atoms with Gasteiger partial charge in [-0.3, -0.25) is 4.99 Å². The Morgan fingerprint density at radius 2 is 2.19 bits per heavy atom. The number of nitrogens with zero attached hydrogens (tertiary/aromatic N) is 1. The van der Waals surface area contributed by atoms with E-state index in [1.807, 2.05) is 19.1 Å². The zero-order valence-corrected chi connectivity index (χ0v) is 18.2. The summed E-state index contributed by atoms with van der Waals surface area (Å²) in [6, 6.07) is 3.91. The van der Waals surface area contributed by atoms with Gasteiger partial charge >= 0.3 is 0 Å². The fourth-order valence-corrected chi connectivity index (χ4v) is 2.82. The van der Waals surface area contributed by atoms with Gasteiger partial charge in [0.2, 0.25) is 0 Å². The Hall–Kier alpha value is -0.800. The Morgan fingerprint density at radius 1 is 1.31 bits per heavy atom. The van der Waals surface area contributed by atoms with E-state index in [0.29, 0.717) is 6.10 Å². The lowest BCUT2D eigenvalue weighted by molar-refractivity contribution is 0.0122. The Morgan fingerprint density at radius 3 is 2.92 bits per heavy atom. The lowest BCUT2D eigenvalue weighted by Crippen LogP contribution is -2.40. The highest BCUT2D eigenvalue weighted by Crippen LogP contribution is 2.14. The second-order valence-corrected chi connectivity index (χ2v) is 6.24. The van der Waals surface area contributed by atoms with Crippen LogP contribution in [0.5, 0.6) is 0 Å². The van der Waals surface area contributed by atoms with Gasteiger partial charge in [-0.05, 0) is 51.2 Å². The molecule has 2 heterocycles. The summed E-state index contributed by atoms with van der Waals surface area (Å²) in [6.45, 7) is 6.88. The average molecular weight is 479 g/mol. The van der Waals surface area contributed by atoms with Crippen LogP contribution in [0.1, 0.15) is 44.8 Å². The average Bonchev–Trinajstić information content (AvgIpc) is 3.15. The van der Waals surface area contributed by atoms with Crippen LogP contribution in [-0.2, 0) is 15.9 Å². The molecular weight excluding hydrogens is 445 g/mol. The minimum Gasteiger partial charge on any atom is -0.469 e. The van der Waals surface area contributed by atoms with Crippen molar-refractivity contribution in [2.45, 2.75) is 51.6 Å². The van der Waals surface area contributed by atoms with Crippen molar-refractivity contribution >= 4 is 29.9 Å². The number of hydrogen-bond acceptors (Lipinski definition) is 4. The van der Waals surface area contributed by atoms with Crippen molar-refractivity contribution in [3.05, 3.63) is 24.2 Å². The minimum absolute atomic E-state index is 0. The molecular formula is C19H34IN3O3. The molecule has 2 N–H and O–H groups in total. The van der Waals surface area contributed by atoms with Gasteiger partial charge in [0, 0.05) is 45.9 Å². The first kappa shape index (κ1) is 23.2. The number of halogens is 1. The topological polar surface area (TPSA) is 68.0 Å². The van der Waals surface area contributed by atoms with Gasteiger partial charge in [-0.25, -0.2) is 0 Å². The van der Waals surface area contributed by atoms with E-state index in [4.69, 9.17) is 13.9 Å². The SMILES string of the molecule is CCOCCCN=C(NCCc1ccco1)NCCC1CCCCO1.I. The Balaban J connectivity index is 0.00000338. The smallest absolute Gasteiger partial charge is 0.191 e. The third kappa shape index (κ3) is 10.4. The molecule has 0 aliphatic carbocycles. The molecule has 1 unspecified atom stereocenters. The molecule has 1 aromatic rings. The van der Waals surface area contributed by atoms with Gasteiger partial charge in [-0.2, -0.15) is 0 Å². The van der Waals surface area contributed by atoms with Crippen molar-refractivity contribution < 1.29 is 13.9 Å². The standard InChI is InChI=1S/C19H33N3O3.HI/c1-2-23-14-6-11-20-19(22-13-10-18-8-5-16-25-18)21-12-9-17-7-3-4-15-24-17;/h5,8,16-17H,2-4,6-7,9-15H2,1H3,(H2,20,21,22);1H. The van der Waals surface area contributed by atoms with Crippen LogP contribution >= 0.6 is 24.0 Å². The molecule has 0 aromatic carbocycles. The lowest BCUT2D eigenvalue weighted by atomic mass is 10.1. The van der Waals surface area contributed by atoms with Gasteiger partial charge in [-0.1, -0.05) is 0 Å². The maximum absolute atomic E-state index is 5.79. The molecule has 0 saturated carbocycles. The van der Waals surface area contributed by atoms with E-state index in [2.05, 4.69) is 15.6 Å². The van der Waals surface area contributed by atoms with E-state index < -0.39 is 0 Å². The highest BCUT2D eigenvalue weighted by Gasteiger charge is 2.13. The van der Waals surface area contributed by atoms with Crippen molar-refractivity contribution in [2.75, 3.05) is 39.5 Å². The zero-order chi connectivity index (χ0) is 17.6. The van der Waals surface area contributed by atoms with E-state index in [9.17, 15) is 0 Å². The number of aliphatic imine (C=N–C) groups is 1. The molecule has 0 radical (unpaired) electrons. The molecule has 7 heteroatoms. The fraction of sp³-hybridized carbons (Fsp3) is 0.737. The van der Waals surface area contributed by atoms with Gasteiger partial charge in [0.1, 0.15) is 5.76 Å². The van der Waals surface area contributed by atoms with Gasteiger partial charge in [-0.15, -0.1) is 24.0 Å². The van der Waals surface area contributed by atoms with Crippen LogP contribution in [0.3, 0.4) is 0 Å². The van der Waals surface area contributed by atoms with E-state index in [-0.39, 0.29) is 24.0 Å². The van der Waals surface area contributed by atoms with Crippen LogP contribution in [0, 0.1) is 0 Å². The highest BCUT2D eigenvalue weighted by atomic mass is 127.